The van der Waals surface area contributed by atoms with Gasteiger partial charge >= 0.3 is 0 Å². The third-order valence-electron chi connectivity index (χ3n) is 1.85. The van der Waals surface area contributed by atoms with Crippen LogP contribution in [-0.2, 0) is 6.54 Å². The van der Waals surface area contributed by atoms with Gasteiger partial charge in [-0.05, 0) is 13.1 Å². The summed E-state index contributed by atoms with van der Waals surface area (Å²) in [5.41, 5.74) is 1.10. The monoisotopic (exact) mass is 217 g/mol. The van der Waals surface area contributed by atoms with Gasteiger partial charge in [-0.25, -0.2) is 0 Å². The lowest BCUT2D eigenvalue weighted by Crippen LogP contribution is -2.07. The summed E-state index contributed by atoms with van der Waals surface area (Å²) in [6, 6.07) is 5.85. The zero-order valence-corrected chi connectivity index (χ0v) is 9.48. The summed E-state index contributed by atoms with van der Waals surface area (Å²) in [6.45, 7) is 0.778. The molecule has 0 heterocycles. The van der Waals surface area contributed by atoms with Crippen molar-refractivity contribution in [3.63, 3.8) is 0 Å². The van der Waals surface area contributed by atoms with Gasteiger partial charge in [-0.2, -0.15) is 0 Å². The minimum Gasteiger partial charge on any atom is -0.493 e. The van der Waals surface area contributed by atoms with E-state index in [9.17, 15) is 0 Å². The van der Waals surface area contributed by atoms with Crippen LogP contribution in [-0.4, -0.2) is 21.3 Å². The van der Waals surface area contributed by atoms with Gasteiger partial charge in [0.1, 0.15) is 0 Å². The highest BCUT2D eigenvalue weighted by Gasteiger charge is 2.07. The average molecular weight is 218 g/mol. The van der Waals surface area contributed by atoms with E-state index < -0.39 is 0 Å². The van der Waals surface area contributed by atoms with Crippen LogP contribution >= 0.6 is 12.4 Å². The molecule has 0 spiro atoms. The molecule has 0 fully saturated rings. The number of halogens is 1. The van der Waals surface area contributed by atoms with Crippen molar-refractivity contribution in [3.05, 3.63) is 23.8 Å². The van der Waals surface area contributed by atoms with Gasteiger partial charge in [-0.1, -0.05) is 12.1 Å². The Morgan fingerprint density at radius 1 is 1.21 bits per heavy atom. The zero-order valence-electron chi connectivity index (χ0n) is 8.66. The molecule has 0 aliphatic heterocycles. The summed E-state index contributed by atoms with van der Waals surface area (Å²) < 4.78 is 10.4. The number of rotatable bonds is 4. The molecule has 0 amide bonds. The SMILES string of the molecule is CNCc1cccc(OC)c1OC.Cl. The normalized spacial score (nSPS) is 9.07. The van der Waals surface area contributed by atoms with Gasteiger partial charge in [-0.3, -0.25) is 0 Å². The van der Waals surface area contributed by atoms with Crippen molar-refractivity contribution in [3.8, 4) is 11.5 Å². The van der Waals surface area contributed by atoms with Crippen LogP contribution in [0.1, 0.15) is 5.56 Å². The Kier molecular flexibility index (Phi) is 6.08. The molecular weight excluding hydrogens is 202 g/mol. The van der Waals surface area contributed by atoms with Crippen molar-refractivity contribution in [2.45, 2.75) is 6.54 Å². The number of para-hydroxylation sites is 1. The van der Waals surface area contributed by atoms with Crippen LogP contribution < -0.4 is 14.8 Å². The maximum absolute atomic E-state index is 5.25. The summed E-state index contributed by atoms with van der Waals surface area (Å²) in [5.74, 6) is 1.58. The first-order valence-corrected chi connectivity index (χ1v) is 4.18. The molecule has 0 aromatic heterocycles. The molecular formula is C10H16ClNO2. The van der Waals surface area contributed by atoms with E-state index in [4.69, 9.17) is 9.47 Å². The lowest BCUT2D eigenvalue weighted by atomic mass is 10.2. The fourth-order valence-electron chi connectivity index (χ4n) is 1.28. The van der Waals surface area contributed by atoms with Crippen LogP contribution in [0.5, 0.6) is 11.5 Å². The van der Waals surface area contributed by atoms with Crippen molar-refractivity contribution in [1.29, 1.82) is 0 Å². The van der Waals surface area contributed by atoms with Crippen LogP contribution in [0.4, 0.5) is 0 Å². The Morgan fingerprint density at radius 2 is 1.93 bits per heavy atom. The quantitative estimate of drug-likeness (QED) is 0.835. The van der Waals surface area contributed by atoms with Crippen molar-refractivity contribution >= 4 is 12.4 Å². The first kappa shape index (κ1) is 13.1. The highest BCUT2D eigenvalue weighted by atomic mass is 35.5. The van der Waals surface area contributed by atoms with Crippen molar-refractivity contribution in [2.24, 2.45) is 0 Å². The second-order valence-corrected chi connectivity index (χ2v) is 2.68. The second kappa shape index (κ2) is 6.51. The second-order valence-electron chi connectivity index (χ2n) is 2.68. The minimum absolute atomic E-state index is 0. The molecule has 14 heavy (non-hydrogen) atoms. The molecule has 1 aromatic rings. The molecule has 0 aliphatic carbocycles. The first-order chi connectivity index (χ1) is 6.33. The van der Waals surface area contributed by atoms with Gasteiger partial charge in [0.2, 0.25) is 0 Å². The van der Waals surface area contributed by atoms with Crippen LogP contribution in [0.15, 0.2) is 18.2 Å². The molecule has 1 rings (SSSR count). The maximum atomic E-state index is 5.25. The van der Waals surface area contributed by atoms with Crippen molar-refractivity contribution in [2.75, 3.05) is 21.3 Å². The van der Waals surface area contributed by atoms with Gasteiger partial charge in [0.25, 0.3) is 0 Å². The molecule has 0 bridgehead atoms. The van der Waals surface area contributed by atoms with Crippen molar-refractivity contribution < 1.29 is 9.47 Å². The van der Waals surface area contributed by atoms with Crippen LogP contribution in [0.25, 0.3) is 0 Å². The molecule has 4 heteroatoms. The minimum atomic E-state index is 0. The van der Waals surface area contributed by atoms with E-state index in [1.807, 2.05) is 25.2 Å². The largest absolute Gasteiger partial charge is 0.493 e. The average Bonchev–Trinajstić information content (AvgIpc) is 2.18. The summed E-state index contributed by atoms with van der Waals surface area (Å²) in [6.07, 6.45) is 0. The predicted octanol–water partition coefficient (Wildman–Crippen LogP) is 1.85. The van der Waals surface area contributed by atoms with Crippen LogP contribution in [0.2, 0.25) is 0 Å². The molecule has 1 aromatic carbocycles. The molecule has 3 nitrogen and oxygen atoms in total. The standard InChI is InChI=1S/C10H15NO2.ClH/c1-11-7-8-5-4-6-9(12-2)10(8)13-3;/h4-6,11H,7H2,1-3H3;1H. The number of methoxy groups -OCH3 is 2. The van der Waals surface area contributed by atoms with E-state index in [1.54, 1.807) is 14.2 Å². The number of ether oxygens (including phenoxy) is 2. The first-order valence-electron chi connectivity index (χ1n) is 4.18. The van der Waals surface area contributed by atoms with E-state index in [-0.39, 0.29) is 12.4 Å². The van der Waals surface area contributed by atoms with Gasteiger partial charge in [0.05, 0.1) is 14.2 Å². The fraction of sp³-hybridized carbons (Fsp3) is 0.400. The van der Waals surface area contributed by atoms with E-state index in [0.29, 0.717) is 0 Å². The number of nitrogens with one attached hydrogen (secondary N) is 1. The Labute approximate surface area is 90.8 Å². The molecule has 0 unspecified atom stereocenters. The lowest BCUT2D eigenvalue weighted by molar-refractivity contribution is 0.351. The third kappa shape index (κ3) is 2.79. The predicted molar refractivity (Wildman–Crippen MR) is 59.6 cm³/mol. The molecule has 0 saturated carbocycles. The molecule has 0 radical (unpaired) electrons. The zero-order chi connectivity index (χ0) is 9.68. The topological polar surface area (TPSA) is 30.5 Å². The highest BCUT2D eigenvalue weighted by molar-refractivity contribution is 5.85. The lowest BCUT2D eigenvalue weighted by Gasteiger charge is -2.11. The fourth-order valence-corrected chi connectivity index (χ4v) is 1.28. The Balaban J connectivity index is 0.00000169. The van der Waals surface area contributed by atoms with E-state index >= 15 is 0 Å². The number of hydrogen-bond donors (Lipinski definition) is 1. The number of hydrogen-bond acceptors (Lipinski definition) is 3. The van der Waals surface area contributed by atoms with Crippen molar-refractivity contribution in [1.82, 2.24) is 5.32 Å². The molecule has 0 aliphatic rings. The van der Waals surface area contributed by atoms with Gasteiger partial charge in [0, 0.05) is 12.1 Å². The smallest absolute Gasteiger partial charge is 0.165 e. The Morgan fingerprint density at radius 3 is 2.43 bits per heavy atom. The van der Waals surface area contributed by atoms with Gasteiger partial charge in [0.15, 0.2) is 11.5 Å². The highest BCUT2D eigenvalue weighted by Crippen LogP contribution is 2.30. The van der Waals surface area contributed by atoms with Gasteiger partial charge < -0.3 is 14.8 Å². The van der Waals surface area contributed by atoms with E-state index in [1.165, 1.54) is 0 Å². The van der Waals surface area contributed by atoms with Crippen LogP contribution in [0, 0.1) is 0 Å². The van der Waals surface area contributed by atoms with E-state index in [0.717, 1.165) is 23.6 Å². The van der Waals surface area contributed by atoms with Crippen LogP contribution in [0.3, 0.4) is 0 Å². The summed E-state index contributed by atoms with van der Waals surface area (Å²) >= 11 is 0. The maximum Gasteiger partial charge on any atom is 0.165 e. The summed E-state index contributed by atoms with van der Waals surface area (Å²) in [5, 5.41) is 3.07. The third-order valence-corrected chi connectivity index (χ3v) is 1.85. The van der Waals surface area contributed by atoms with E-state index in [2.05, 4.69) is 5.32 Å². The molecule has 1 N–H and O–H groups in total. The Hall–Kier alpha value is -0.930. The molecule has 0 saturated heterocycles. The molecule has 0 atom stereocenters. The summed E-state index contributed by atoms with van der Waals surface area (Å²) in [7, 11) is 5.19. The number of benzene rings is 1. The van der Waals surface area contributed by atoms with Gasteiger partial charge in [-0.15, -0.1) is 12.4 Å². The molecule has 80 valence electrons. The Bertz CT molecular complexity index is 279. The summed E-state index contributed by atoms with van der Waals surface area (Å²) in [4.78, 5) is 0.